The molecule has 132 valence electrons. The van der Waals surface area contributed by atoms with Crippen LogP contribution in [0.4, 0.5) is 0 Å². The molecule has 0 spiro atoms. The first-order valence-electron chi connectivity index (χ1n) is 8.25. The lowest BCUT2D eigenvalue weighted by molar-refractivity contribution is 0.385. The second kappa shape index (κ2) is 8.29. The summed E-state index contributed by atoms with van der Waals surface area (Å²) in [5, 5.41) is 15.2. The minimum absolute atomic E-state index is 0.583. The van der Waals surface area contributed by atoms with Gasteiger partial charge in [0.2, 0.25) is 5.89 Å². The number of benzene rings is 1. The van der Waals surface area contributed by atoms with E-state index in [0.717, 1.165) is 18.1 Å². The summed E-state index contributed by atoms with van der Waals surface area (Å²) in [5.74, 6) is 1.89. The molecule has 0 saturated heterocycles. The number of rotatable bonds is 8. The maximum absolute atomic E-state index is 5.36. The number of nitrogens with zero attached hydrogens (tertiary/aromatic N) is 5. The number of thiophene rings is 1. The van der Waals surface area contributed by atoms with E-state index in [0.29, 0.717) is 23.9 Å². The molecule has 4 rings (SSSR count). The Morgan fingerprint density at radius 2 is 2.04 bits per heavy atom. The van der Waals surface area contributed by atoms with Gasteiger partial charge in [0.25, 0.3) is 0 Å². The summed E-state index contributed by atoms with van der Waals surface area (Å²) in [6.45, 7) is 0.860. The molecule has 0 unspecified atom stereocenters. The van der Waals surface area contributed by atoms with E-state index in [1.54, 1.807) is 29.4 Å². The highest BCUT2D eigenvalue weighted by atomic mass is 32.2. The molecule has 26 heavy (non-hydrogen) atoms. The molecule has 1 aromatic carbocycles. The Morgan fingerprint density at radius 1 is 1.12 bits per heavy atom. The summed E-state index contributed by atoms with van der Waals surface area (Å²) < 4.78 is 7.42. The third-order valence-electron chi connectivity index (χ3n) is 3.80. The van der Waals surface area contributed by atoms with Gasteiger partial charge < -0.3 is 9.09 Å². The smallest absolute Gasteiger partial charge is 0.237 e. The van der Waals surface area contributed by atoms with E-state index in [-0.39, 0.29) is 0 Å². The molecule has 0 bridgehead atoms. The molecule has 8 heteroatoms. The summed E-state index contributed by atoms with van der Waals surface area (Å²) in [6, 6.07) is 14.3. The molecule has 0 radical (unpaired) electrons. The Bertz CT molecular complexity index is 934. The number of aromatic nitrogens is 5. The van der Waals surface area contributed by atoms with Gasteiger partial charge in [-0.3, -0.25) is 0 Å². The SMILES string of the molecule is c1ccc(Cc2noc(CSc3nncn3CCc3cccs3)n2)cc1. The van der Waals surface area contributed by atoms with Crippen molar-refractivity contribution in [3.05, 3.63) is 76.3 Å². The highest BCUT2D eigenvalue weighted by Gasteiger charge is 2.11. The lowest BCUT2D eigenvalue weighted by Crippen LogP contribution is -2.01. The third-order valence-corrected chi connectivity index (χ3v) is 5.70. The molecule has 3 aromatic heterocycles. The zero-order valence-electron chi connectivity index (χ0n) is 14.0. The Kier molecular flexibility index (Phi) is 5.41. The van der Waals surface area contributed by atoms with Crippen molar-refractivity contribution in [1.82, 2.24) is 24.9 Å². The zero-order valence-corrected chi connectivity index (χ0v) is 15.6. The first-order chi connectivity index (χ1) is 12.9. The maximum atomic E-state index is 5.36. The molecular weight excluding hydrogens is 366 g/mol. The molecule has 4 aromatic rings. The standard InChI is InChI=1S/C18H17N5OS2/c1-2-5-14(6-3-1)11-16-20-17(24-22-16)12-26-18-21-19-13-23(18)9-8-15-7-4-10-25-15/h1-7,10,13H,8-9,11-12H2. The molecule has 0 aliphatic rings. The van der Waals surface area contributed by atoms with Crippen LogP contribution in [-0.4, -0.2) is 24.9 Å². The van der Waals surface area contributed by atoms with Crippen LogP contribution in [0.15, 0.2) is 63.9 Å². The van der Waals surface area contributed by atoms with Gasteiger partial charge in [-0.2, -0.15) is 4.98 Å². The second-order valence-electron chi connectivity index (χ2n) is 5.69. The second-order valence-corrected chi connectivity index (χ2v) is 7.67. The van der Waals surface area contributed by atoms with Crippen molar-refractivity contribution >= 4 is 23.1 Å². The lowest BCUT2D eigenvalue weighted by atomic mass is 10.1. The van der Waals surface area contributed by atoms with Crippen LogP contribution in [0.5, 0.6) is 0 Å². The van der Waals surface area contributed by atoms with Gasteiger partial charge >= 0.3 is 0 Å². The molecule has 0 aliphatic heterocycles. The molecule has 0 N–H and O–H groups in total. The zero-order chi connectivity index (χ0) is 17.6. The fraction of sp³-hybridized carbons (Fsp3) is 0.222. The van der Waals surface area contributed by atoms with Crippen LogP contribution in [0.25, 0.3) is 0 Å². The van der Waals surface area contributed by atoms with Crippen molar-refractivity contribution in [3.8, 4) is 0 Å². The van der Waals surface area contributed by atoms with Crippen LogP contribution < -0.4 is 0 Å². The average Bonchev–Trinajstić information content (AvgIpc) is 3.41. The molecule has 0 saturated carbocycles. The highest BCUT2D eigenvalue weighted by Crippen LogP contribution is 2.21. The van der Waals surface area contributed by atoms with E-state index in [4.69, 9.17) is 4.52 Å². The molecule has 0 atom stereocenters. The van der Waals surface area contributed by atoms with E-state index in [1.165, 1.54) is 10.4 Å². The molecular formula is C18H17N5OS2. The third kappa shape index (κ3) is 4.39. The lowest BCUT2D eigenvalue weighted by Gasteiger charge is -2.03. The summed E-state index contributed by atoms with van der Waals surface area (Å²) in [5.41, 5.74) is 1.17. The summed E-state index contributed by atoms with van der Waals surface area (Å²) in [6.07, 6.45) is 3.42. The van der Waals surface area contributed by atoms with Gasteiger partial charge in [0, 0.05) is 17.8 Å². The van der Waals surface area contributed by atoms with Crippen LogP contribution in [0.3, 0.4) is 0 Å². The van der Waals surface area contributed by atoms with Gasteiger partial charge in [0.15, 0.2) is 11.0 Å². The van der Waals surface area contributed by atoms with Gasteiger partial charge in [0.1, 0.15) is 6.33 Å². The quantitative estimate of drug-likeness (QED) is 0.431. The van der Waals surface area contributed by atoms with Gasteiger partial charge in [-0.05, 0) is 23.4 Å². The van der Waals surface area contributed by atoms with Crippen molar-refractivity contribution in [1.29, 1.82) is 0 Å². The van der Waals surface area contributed by atoms with Crippen LogP contribution in [0.1, 0.15) is 22.2 Å². The first-order valence-corrected chi connectivity index (χ1v) is 10.1. The Morgan fingerprint density at radius 3 is 2.88 bits per heavy atom. The van der Waals surface area contributed by atoms with Crippen LogP contribution in [0, 0.1) is 0 Å². The molecule has 0 aliphatic carbocycles. The first kappa shape index (κ1) is 17.0. The van der Waals surface area contributed by atoms with E-state index >= 15 is 0 Å². The predicted molar refractivity (Wildman–Crippen MR) is 101 cm³/mol. The Hall–Kier alpha value is -2.45. The van der Waals surface area contributed by atoms with E-state index in [1.807, 2.05) is 18.2 Å². The number of hydrogen-bond donors (Lipinski definition) is 0. The highest BCUT2D eigenvalue weighted by molar-refractivity contribution is 7.98. The topological polar surface area (TPSA) is 69.6 Å². The van der Waals surface area contributed by atoms with Gasteiger partial charge in [-0.15, -0.1) is 21.5 Å². The van der Waals surface area contributed by atoms with Crippen molar-refractivity contribution in [2.75, 3.05) is 0 Å². The van der Waals surface area contributed by atoms with Crippen LogP contribution >= 0.6 is 23.1 Å². The minimum Gasteiger partial charge on any atom is -0.338 e. The number of hydrogen-bond acceptors (Lipinski definition) is 7. The summed E-state index contributed by atoms with van der Waals surface area (Å²) in [4.78, 5) is 5.83. The average molecular weight is 384 g/mol. The van der Waals surface area contributed by atoms with E-state index in [2.05, 4.69) is 54.6 Å². The Labute approximate surface area is 159 Å². The van der Waals surface area contributed by atoms with E-state index in [9.17, 15) is 0 Å². The van der Waals surface area contributed by atoms with Crippen LogP contribution in [-0.2, 0) is 25.1 Å². The fourth-order valence-electron chi connectivity index (χ4n) is 2.52. The fourth-order valence-corrected chi connectivity index (χ4v) is 4.00. The molecule has 6 nitrogen and oxygen atoms in total. The monoisotopic (exact) mass is 383 g/mol. The number of aryl methyl sites for hydroxylation is 2. The predicted octanol–water partition coefficient (Wildman–Crippen LogP) is 3.85. The number of thioether (sulfide) groups is 1. The van der Waals surface area contributed by atoms with Gasteiger partial charge in [-0.1, -0.05) is 53.3 Å². The van der Waals surface area contributed by atoms with Crippen molar-refractivity contribution in [2.45, 2.75) is 30.3 Å². The summed E-state index contributed by atoms with van der Waals surface area (Å²) in [7, 11) is 0. The van der Waals surface area contributed by atoms with Gasteiger partial charge in [0.05, 0.1) is 5.75 Å². The normalized spacial score (nSPS) is 11.1. The van der Waals surface area contributed by atoms with E-state index < -0.39 is 0 Å². The maximum Gasteiger partial charge on any atom is 0.237 e. The Balaban J connectivity index is 1.32. The molecule has 0 fully saturated rings. The minimum atomic E-state index is 0.583. The molecule has 0 amide bonds. The van der Waals surface area contributed by atoms with Crippen molar-refractivity contribution in [2.24, 2.45) is 0 Å². The van der Waals surface area contributed by atoms with Crippen molar-refractivity contribution in [3.63, 3.8) is 0 Å². The van der Waals surface area contributed by atoms with Crippen molar-refractivity contribution < 1.29 is 4.52 Å². The summed E-state index contributed by atoms with van der Waals surface area (Å²) >= 11 is 3.33. The molecule has 3 heterocycles. The van der Waals surface area contributed by atoms with Gasteiger partial charge in [-0.25, -0.2) is 0 Å². The van der Waals surface area contributed by atoms with Crippen LogP contribution in [0.2, 0.25) is 0 Å². The largest absolute Gasteiger partial charge is 0.338 e.